The summed E-state index contributed by atoms with van der Waals surface area (Å²) in [6.07, 6.45) is 3.39. The van der Waals surface area contributed by atoms with Crippen LogP contribution in [0.4, 0.5) is 5.82 Å². The van der Waals surface area contributed by atoms with E-state index in [2.05, 4.69) is 14.9 Å². The standard InChI is InChI=1S/C14H16N4S/c1-10-14(17-7-6-16-10)18(2)9-11-4-3-5-12(8-11)13(15)19/h3-8H,9H2,1-2H3,(H2,15,19). The molecule has 19 heavy (non-hydrogen) atoms. The van der Waals surface area contributed by atoms with Crippen LogP contribution < -0.4 is 10.6 Å². The Morgan fingerprint density at radius 1 is 1.32 bits per heavy atom. The van der Waals surface area contributed by atoms with Crippen LogP contribution in [0.3, 0.4) is 0 Å². The molecule has 5 heteroatoms. The minimum absolute atomic E-state index is 0.417. The maximum atomic E-state index is 5.64. The highest BCUT2D eigenvalue weighted by molar-refractivity contribution is 7.80. The first kappa shape index (κ1) is 13.4. The molecule has 2 rings (SSSR count). The maximum Gasteiger partial charge on any atom is 0.150 e. The van der Waals surface area contributed by atoms with E-state index in [1.165, 1.54) is 0 Å². The van der Waals surface area contributed by atoms with Crippen LogP contribution >= 0.6 is 12.2 Å². The van der Waals surface area contributed by atoms with E-state index in [0.29, 0.717) is 4.99 Å². The van der Waals surface area contributed by atoms with Gasteiger partial charge in [-0.1, -0.05) is 30.4 Å². The van der Waals surface area contributed by atoms with Crippen molar-refractivity contribution in [2.45, 2.75) is 13.5 Å². The van der Waals surface area contributed by atoms with Gasteiger partial charge in [-0.05, 0) is 18.6 Å². The third-order valence-corrected chi connectivity index (χ3v) is 3.08. The van der Waals surface area contributed by atoms with Crippen molar-refractivity contribution in [3.05, 3.63) is 53.5 Å². The molecule has 1 aromatic heterocycles. The van der Waals surface area contributed by atoms with Crippen molar-refractivity contribution in [2.24, 2.45) is 5.73 Å². The molecule has 0 unspecified atom stereocenters. The first-order valence-corrected chi connectivity index (χ1v) is 6.36. The van der Waals surface area contributed by atoms with E-state index < -0.39 is 0 Å². The van der Waals surface area contributed by atoms with Gasteiger partial charge in [0.1, 0.15) is 10.8 Å². The summed E-state index contributed by atoms with van der Waals surface area (Å²) in [4.78, 5) is 11.1. The topological polar surface area (TPSA) is 55.0 Å². The molecule has 0 spiro atoms. The lowest BCUT2D eigenvalue weighted by molar-refractivity contribution is 0.877. The van der Waals surface area contributed by atoms with Gasteiger partial charge in [0.2, 0.25) is 0 Å². The lowest BCUT2D eigenvalue weighted by Crippen LogP contribution is -2.19. The minimum atomic E-state index is 0.417. The first-order valence-electron chi connectivity index (χ1n) is 5.95. The van der Waals surface area contributed by atoms with Gasteiger partial charge in [-0.3, -0.25) is 4.98 Å². The second kappa shape index (κ2) is 5.75. The summed E-state index contributed by atoms with van der Waals surface area (Å²) in [6, 6.07) is 7.93. The average molecular weight is 272 g/mol. The van der Waals surface area contributed by atoms with Crippen LogP contribution in [0.15, 0.2) is 36.7 Å². The van der Waals surface area contributed by atoms with Crippen molar-refractivity contribution >= 4 is 23.0 Å². The molecule has 0 saturated carbocycles. The Morgan fingerprint density at radius 3 is 2.74 bits per heavy atom. The van der Waals surface area contributed by atoms with Gasteiger partial charge in [-0.25, -0.2) is 4.98 Å². The lowest BCUT2D eigenvalue weighted by atomic mass is 10.1. The third kappa shape index (κ3) is 3.26. The quantitative estimate of drug-likeness (QED) is 0.863. The molecule has 0 saturated heterocycles. The first-order chi connectivity index (χ1) is 9.08. The summed E-state index contributed by atoms with van der Waals surface area (Å²) in [5.41, 5.74) is 8.58. The van der Waals surface area contributed by atoms with Gasteiger partial charge in [0.05, 0.1) is 5.69 Å². The predicted molar refractivity (Wildman–Crippen MR) is 81.2 cm³/mol. The number of benzene rings is 1. The number of nitrogens with two attached hydrogens (primary N) is 1. The van der Waals surface area contributed by atoms with Crippen LogP contribution in [0.5, 0.6) is 0 Å². The molecular weight excluding hydrogens is 256 g/mol. The van der Waals surface area contributed by atoms with Crippen LogP contribution in [-0.4, -0.2) is 22.0 Å². The Bertz CT molecular complexity index is 598. The summed E-state index contributed by atoms with van der Waals surface area (Å²) in [7, 11) is 1.99. The lowest BCUT2D eigenvalue weighted by Gasteiger charge is -2.19. The van der Waals surface area contributed by atoms with Crippen molar-refractivity contribution < 1.29 is 0 Å². The molecular formula is C14H16N4S. The fraction of sp³-hybridized carbons (Fsp3) is 0.214. The van der Waals surface area contributed by atoms with Crippen LogP contribution in [-0.2, 0) is 6.54 Å². The summed E-state index contributed by atoms with van der Waals surface area (Å²) in [5.74, 6) is 0.878. The molecule has 1 heterocycles. The van der Waals surface area contributed by atoms with E-state index in [4.69, 9.17) is 18.0 Å². The molecule has 0 amide bonds. The van der Waals surface area contributed by atoms with Crippen LogP contribution in [0.1, 0.15) is 16.8 Å². The Morgan fingerprint density at radius 2 is 2.05 bits per heavy atom. The van der Waals surface area contributed by atoms with E-state index in [0.717, 1.165) is 29.2 Å². The molecule has 4 nitrogen and oxygen atoms in total. The molecule has 0 aliphatic rings. The molecule has 2 N–H and O–H groups in total. The van der Waals surface area contributed by atoms with Crippen molar-refractivity contribution in [1.29, 1.82) is 0 Å². The van der Waals surface area contributed by atoms with E-state index in [9.17, 15) is 0 Å². The van der Waals surface area contributed by atoms with E-state index in [-0.39, 0.29) is 0 Å². The molecule has 0 aliphatic carbocycles. The van der Waals surface area contributed by atoms with E-state index in [1.807, 2.05) is 38.2 Å². The molecule has 0 bridgehead atoms. The Kier molecular flexibility index (Phi) is 4.06. The van der Waals surface area contributed by atoms with Gasteiger partial charge in [0, 0.05) is 31.5 Å². The Hall–Kier alpha value is -2.01. The number of rotatable bonds is 4. The molecule has 0 radical (unpaired) electrons. The van der Waals surface area contributed by atoms with Crippen molar-refractivity contribution in [1.82, 2.24) is 9.97 Å². The van der Waals surface area contributed by atoms with Gasteiger partial charge in [-0.2, -0.15) is 0 Å². The normalized spacial score (nSPS) is 10.2. The Balaban J connectivity index is 2.19. The second-order valence-electron chi connectivity index (χ2n) is 4.39. The van der Waals surface area contributed by atoms with Gasteiger partial charge in [0.25, 0.3) is 0 Å². The molecule has 2 aromatic rings. The van der Waals surface area contributed by atoms with Crippen LogP contribution in [0.25, 0.3) is 0 Å². The van der Waals surface area contributed by atoms with Crippen molar-refractivity contribution in [3.63, 3.8) is 0 Å². The van der Waals surface area contributed by atoms with E-state index >= 15 is 0 Å². The highest BCUT2D eigenvalue weighted by Gasteiger charge is 2.08. The zero-order valence-electron chi connectivity index (χ0n) is 11.0. The van der Waals surface area contributed by atoms with Crippen molar-refractivity contribution in [3.8, 4) is 0 Å². The zero-order chi connectivity index (χ0) is 13.8. The number of hydrogen-bond acceptors (Lipinski definition) is 4. The summed E-state index contributed by atoms with van der Waals surface area (Å²) < 4.78 is 0. The maximum absolute atomic E-state index is 5.64. The minimum Gasteiger partial charge on any atom is -0.389 e. The summed E-state index contributed by atoms with van der Waals surface area (Å²) in [5, 5.41) is 0. The summed E-state index contributed by atoms with van der Waals surface area (Å²) >= 11 is 4.99. The van der Waals surface area contributed by atoms with E-state index in [1.54, 1.807) is 12.4 Å². The zero-order valence-corrected chi connectivity index (χ0v) is 11.8. The smallest absolute Gasteiger partial charge is 0.150 e. The average Bonchev–Trinajstić information content (AvgIpc) is 2.39. The van der Waals surface area contributed by atoms with Gasteiger partial charge < -0.3 is 10.6 Å². The van der Waals surface area contributed by atoms with Gasteiger partial charge in [-0.15, -0.1) is 0 Å². The largest absolute Gasteiger partial charge is 0.389 e. The van der Waals surface area contributed by atoms with Gasteiger partial charge in [0.15, 0.2) is 0 Å². The number of hydrogen-bond donors (Lipinski definition) is 1. The SMILES string of the molecule is Cc1nccnc1N(C)Cc1cccc(C(N)=S)c1. The fourth-order valence-corrected chi connectivity index (χ4v) is 2.07. The number of thiocarbonyl (C=S) groups is 1. The predicted octanol–water partition coefficient (Wildman–Crippen LogP) is 2.06. The molecule has 1 aromatic carbocycles. The number of aromatic nitrogens is 2. The van der Waals surface area contributed by atoms with Crippen molar-refractivity contribution in [2.75, 3.05) is 11.9 Å². The molecule has 0 atom stereocenters. The van der Waals surface area contributed by atoms with Crippen LogP contribution in [0.2, 0.25) is 0 Å². The highest BCUT2D eigenvalue weighted by Crippen LogP contribution is 2.15. The number of nitrogens with zero attached hydrogens (tertiary/aromatic N) is 3. The molecule has 0 aliphatic heterocycles. The van der Waals surface area contributed by atoms with Crippen LogP contribution in [0, 0.1) is 6.92 Å². The molecule has 0 fully saturated rings. The van der Waals surface area contributed by atoms with Gasteiger partial charge >= 0.3 is 0 Å². The second-order valence-corrected chi connectivity index (χ2v) is 4.83. The Labute approximate surface area is 118 Å². The number of aryl methyl sites for hydroxylation is 1. The highest BCUT2D eigenvalue weighted by atomic mass is 32.1. The monoisotopic (exact) mass is 272 g/mol. The number of anilines is 1. The third-order valence-electron chi connectivity index (χ3n) is 2.85. The fourth-order valence-electron chi connectivity index (χ4n) is 1.95. The summed E-state index contributed by atoms with van der Waals surface area (Å²) in [6.45, 7) is 2.68. The molecule has 98 valence electrons.